The zero-order chi connectivity index (χ0) is 22.0. The van der Waals surface area contributed by atoms with E-state index in [1.54, 1.807) is 42.2 Å². The van der Waals surface area contributed by atoms with E-state index < -0.39 is 5.82 Å². The summed E-state index contributed by atoms with van der Waals surface area (Å²) in [6, 6.07) is 15.3. The van der Waals surface area contributed by atoms with Crippen molar-refractivity contribution in [2.75, 3.05) is 0 Å². The molecular weight excluding hydrogens is 398 g/mol. The van der Waals surface area contributed by atoms with Gasteiger partial charge in [-0.25, -0.2) is 13.5 Å². The van der Waals surface area contributed by atoms with E-state index in [0.29, 0.717) is 22.5 Å². The third-order valence-electron chi connectivity index (χ3n) is 4.60. The lowest BCUT2D eigenvalue weighted by molar-refractivity contribution is 0.625. The lowest BCUT2D eigenvalue weighted by Crippen LogP contribution is -2.17. The second kappa shape index (κ2) is 8.16. The maximum absolute atomic E-state index is 14.1. The highest BCUT2D eigenvalue weighted by molar-refractivity contribution is 5.78. The van der Waals surface area contributed by atoms with E-state index in [0.717, 1.165) is 5.56 Å². The largest absolute Gasteiger partial charge is 0.283 e. The van der Waals surface area contributed by atoms with E-state index >= 15 is 0 Å². The second-order valence-electron chi connectivity index (χ2n) is 6.78. The molecule has 8 heteroatoms. The van der Waals surface area contributed by atoms with E-state index in [1.165, 1.54) is 47.3 Å². The van der Waals surface area contributed by atoms with Gasteiger partial charge in [0, 0.05) is 36.1 Å². The number of nitrogens with zero attached hydrogens (tertiary/aromatic N) is 5. The third kappa shape index (κ3) is 4.16. The van der Waals surface area contributed by atoms with Crippen LogP contribution in [0.5, 0.6) is 0 Å². The molecule has 6 nitrogen and oxygen atoms in total. The molecule has 0 aliphatic heterocycles. The normalized spacial score (nSPS) is 11.0. The predicted molar refractivity (Wildman–Crippen MR) is 112 cm³/mol. The van der Waals surface area contributed by atoms with Crippen molar-refractivity contribution in [2.24, 2.45) is 7.05 Å². The van der Waals surface area contributed by atoms with Gasteiger partial charge in [0.05, 0.1) is 17.3 Å². The fraction of sp³-hybridized carbons (Fsp3) is 0.0435. The number of rotatable bonds is 4. The number of benzene rings is 2. The highest BCUT2D eigenvalue weighted by Crippen LogP contribution is 2.29. The first-order chi connectivity index (χ1) is 14.9. The summed E-state index contributed by atoms with van der Waals surface area (Å²) in [6.45, 7) is 0. The second-order valence-corrected chi connectivity index (χ2v) is 6.78. The number of aromatic nitrogens is 4. The maximum Gasteiger partial charge on any atom is 0.146 e. The van der Waals surface area contributed by atoms with E-state index in [1.807, 2.05) is 6.07 Å². The van der Waals surface area contributed by atoms with Gasteiger partial charge >= 0.3 is 0 Å². The molecule has 4 rings (SSSR count). The van der Waals surface area contributed by atoms with Gasteiger partial charge in [-0.2, -0.15) is 15.5 Å². The van der Waals surface area contributed by atoms with Gasteiger partial charge in [-0.1, -0.05) is 0 Å². The van der Waals surface area contributed by atoms with Crippen LogP contribution in [0.4, 0.5) is 8.78 Å². The summed E-state index contributed by atoms with van der Waals surface area (Å²) < 4.78 is 30.3. The molecule has 0 aliphatic carbocycles. The summed E-state index contributed by atoms with van der Waals surface area (Å²) in [4.78, 5) is 0. The van der Waals surface area contributed by atoms with Crippen LogP contribution in [0.3, 0.4) is 0 Å². The Morgan fingerprint density at radius 1 is 1.03 bits per heavy atom. The monoisotopic (exact) mass is 414 g/mol. The highest BCUT2D eigenvalue weighted by atomic mass is 19.1. The van der Waals surface area contributed by atoms with Gasteiger partial charge in [-0.15, -0.1) is 0 Å². The lowest BCUT2D eigenvalue weighted by atomic mass is 10.1. The van der Waals surface area contributed by atoms with Crippen LogP contribution in [0, 0.1) is 28.4 Å². The van der Waals surface area contributed by atoms with E-state index in [9.17, 15) is 8.78 Å². The van der Waals surface area contributed by atoms with Crippen LogP contribution in [-0.4, -0.2) is 19.6 Å². The van der Waals surface area contributed by atoms with Crippen molar-refractivity contribution >= 4 is 12.3 Å². The molecule has 0 unspecified atom stereocenters. The smallest absolute Gasteiger partial charge is 0.146 e. The summed E-state index contributed by atoms with van der Waals surface area (Å²) in [5.74, 6) is -0.821. The maximum atomic E-state index is 14.1. The van der Waals surface area contributed by atoms with Crippen LogP contribution >= 0.6 is 0 Å². The fourth-order valence-electron chi connectivity index (χ4n) is 3.08. The molecule has 4 aromatic rings. The number of hydrogen-bond acceptors (Lipinski definition) is 4. The number of aryl methyl sites for hydroxylation is 1. The Bertz CT molecular complexity index is 1390. The molecule has 2 aromatic heterocycles. The van der Waals surface area contributed by atoms with Crippen LogP contribution in [-0.2, 0) is 7.05 Å². The summed E-state index contributed by atoms with van der Waals surface area (Å²) >= 11 is 0. The van der Waals surface area contributed by atoms with Gasteiger partial charge in [0.25, 0.3) is 0 Å². The molecule has 0 saturated carbocycles. The quantitative estimate of drug-likeness (QED) is 0.543. The summed E-state index contributed by atoms with van der Waals surface area (Å²) in [6.07, 6.45) is 4.70. The lowest BCUT2D eigenvalue weighted by Gasteiger charge is -2.06. The minimum atomic E-state index is -0.482. The standard InChI is InChI=1S/C23H16F2N6/c1-30-14-19(23(29-30)16-3-5-18(24)6-4-16)21-8-9-22(27)31(28-21)11-10-17-12-15(13-26)2-7-20(17)25/h2-12,14,27H,1H3/b11-10+,27-22?. The third-order valence-corrected chi connectivity index (χ3v) is 4.60. The van der Waals surface area contributed by atoms with Gasteiger partial charge in [-0.3, -0.25) is 10.1 Å². The summed E-state index contributed by atoms with van der Waals surface area (Å²) in [7, 11) is 1.77. The molecule has 2 heterocycles. The Hall–Kier alpha value is -4.38. The van der Waals surface area contributed by atoms with E-state index in [-0.39, 0.29) is 16.9 Å². The number of nitriles is 1. The molecule has 152 valence electrons. The number of halogens is 2. The van der Waals surface area contributed by atoms with Crippen molar-refractivity contribution < 1.29 is 8.78 Å². The van der Waals surface area contributed by atoms with Crippen molar-refractivity contribution in [1.82, 2.24) is 19.6 Å². The first-order valence-electron chi connectivity index (χ1n) is 9.27. The molecular formula is C23H16F2N6. The van der Waals surface area contributed by atoms with Crippen molar-refractivity contribution in [3.05, 3.63) is 89.0 Å². The zero-order valence-corrected chi connectivity index (χ0v) is 16.4. The summed E-state index contributed by atoms with van der Waals surface area (Å²) in [5, 5.41) is 26.1. The van der Waals surface area contributed by atoms with Crippen LogP contribution in [0.15, 0.2) is 60.8 Å². The topological polar surface area (TPSA) is 83.3 Å². The van der Waals surface area contributed by atoms with Crippen molar-refractivity contribution in [3.63, 3.8) is 0 Å². The SMILES string of the molecule is Cn1cc(-c2ccc(=N)n(/C=C/c3cc(C#N)ccc3F)n2)c(-c2ccc(F)cc2)n1. The fourth-order valence-corrected chi connectivity index (χ4v) is 3.08. The van der Waals surface area contributed by atoms with E-state index in [4.69, 9.17) is 10.7 Å². The van der Waals surface area contributed by atoms with Crippen molar-refractivity contribution in [3.8, 4) is 28.6 Å². The zero-order valence-electron chi connectivity index (χ0n) is 16.4. The molecule has 2 aromatic carbocycles. The van der Waals surface area contributed by atoms with E-state index in [2.05, 4.69) is 10.2 Å². The Labute approximate surface area is 176 Å². The molecule has 0 amide bonds. The van der Waals surface area contributed by atoms with Gasteiger partial charge in [0.1, 0.15) is 22.8 Å². The molecule has 0 radical (unpaired) electrons. The Balaban J connectivity index is 1.75. The average molecular weight is 414 g/mol. The first-order valence-corrected chi connectivity index (χ1v) is 9.27. The average Bonchev–Trinajstić information content (AvgIpc) is 3.16. The minimum Gasteiger partial charge on any atom is -0.283 e. The predicted octanol–water partition coefficient (Wildman–Crippen LogP) is 4.21. The van der Waals surface area contributed by atoms with Gasteiger partial charge in [-0.05, 0) is 60.7 Å². The van der Waals surface area contributed by atoms with Gasteiger partial charge in [0.15, 0.2) is 0 Å². The Morgan fingerprint density at radius 2 is 1.81 bits per heavy atom. The Morgan fingerprint density at radius 3 is 2.55 bits per heavy atom. The van der Waals surface area contributed by atoms with Crippen LogP contribution < -0.4 is 5.49 Å². The summed E-state index contributed by atoms with van der Waals surface area (Å²) in [5.41, 5.74) is 3.23. The molecule has 31 heavy (non-hydrogen) atoms. The van der Waals surface area contributed by atoms with Gasteiger partial charge in [0.2, 0.25) is 0 Å². The first kappa shape index (κ1) is 19.9. The molecule has 0 saturated heterocycles. The molecule has 0 spiro atoms. The van der Waals surface area contributed by atoms with Crippen LogP contribution in [0.2, 0.25) is 0 Å². The molecule has 0 fully saturated rings. The number of nitrogens with one attached hydrogen (secondary N) is 1. The molecule has 1 N–H and O–H groups in total. The minimum absolute atomic E-state index is 0.0871. The molecule has 0 bridgehead atoms. The Kier molecular flexibility index (Phi) is 5.24. The van der Waals surface area contributed by atoms with Crippen LogP contribution in [0.1, 0.15) is 11.1 Å². The number of hydrogen-bond donors (Lipinski definition) is 1. The highest BCUT2D eigenvalue weighted by Gasteiger charge is 2.14. The van der Waals surface area contributed by atoms with Crippen molar-refractivity contribution in [2.45, 2.75) is 0 Å². The molecule has 0 aliphatic rings. The van der Waals surface area contributed by atoms with Crippen molar-refractivity contribution in [1.29, 1.82) is 10.7 Å². The molecule has 0 atom stereocenters. The van der Waals surface area contributed by atoms with Gasteiger partial charge < -0.3 is 0 Å². The van der Waals surface area contributed by atoms with Crippen LogP contribution in [0.25, 0.3) is 34.8 Å².